The molecule has 2 atom stereocenters. The van der Waals surface area contributed by atoms with E-state index in [0.717, 1.165) is 5.82 Å². The molecule has 0 heterocycles. The van der Waals surface area contributed by atoms with Crippen molar-refractivity contribution in [3.63, 3.8) is 0 Å². The van der Waals surface area contributed by atoms with Gasteiger partial charge in [-0.05, 0) is 0 Å². The molecule has 92 valence electrons. The molecule has 4 radical (unpaired) electrons. The molecular formula is C14H27B3. The largest absolute Gasteiger partial charge is 0.0999 e. The molecule has 0 bridgehead atoms. The zero-order chi connectivity index (χ0) is 12.3. The van der Waals surface area contributed by atoms with Gasteiger partial charge in [0.15, 0.2) is 0 Å². The van der Waals surface area contributed by atoms with Crippen molar-refractivity contribution in [3.05, 3.63) is 0 Å². The maximum absolute atomic E-state index is 6.12. The Morgan fingerprint density at radius 1 is 0.765 bits per heavy atom. The molecule has 1 saturated carbocycles. The van der Waals surface area contributed by atoms with Crippen molar-refractivity contribution in [1.82, 2.24) is 0 Å². The molecular weight excluding hydrogens is 201 g/mol. The highest BCUT2D eigenvalue weighted by molar-refractivity contribution is 7.00. The molecule has 17 heavy (non-hydrogen) atoms. The summed E-state index contributed by atoms with van der Waals surface area (Å²) in [6, 6.07) is 0. The van der Waals surface area contributed by atoms with Gasteiger partial charge in [-0.3, -0.25) is 0 Å². The zero-order valence-electron chi connectivity index (χ0n) is 11.7. The van der Waals surface area contributed by atoms with Crippen molar-refractivity contribution >= 4 is 22.2 Å². The molecule has 1 aliphatic rings. The first-order valence-corrected chi connectivity index (χ1v) is 7.71. The maximum Gasteiger partial charge on any atom is 0.0699 e. The van der Waals surface area contributed by atoms with Crippen LogP contribution in [0.5, 0.6) is 0 Å². The predicted octanol–water partition coefficient (Wildman–Crippen LogP) is 4.41. The summed E-state index contributed by atoms with van der Waals surface area (Å²) in [6.07, 6.45) is 14.9. The summed E-state index contributed by atoms with van der Waals surface area (Å²) in [5, 5.41) is 0. The van der Waals surface area contributed by atoms with Crippen LogP contribution in [0.4, 0.5) is 0 Å². The second kappa shape index (κ2) is 10.1. The Balaban J connectivity index is 2.26. The van der Waals surface area contributed by atoms with Gasteiger partial charge in [-0.1, -0.05) is 89.1 Å². The van der Waals surface area contributed by atoms with Crippen LogP contribution in [0.1, 0.15) is 70.6 Å². The molecule has 0 aromatic rings. The summed E-state index contributed by atoms with van der Waals surface area (Å²) in [7, 11) is 10.8. The lowest BCUT2D eigenvalue weighted by molar-refractivity contribution is 0.560. The van der Waals surface area contributed by atoms with E-state index in [2.05, 4.69) is 21.2 Å². The first-order chi connectivity index (χ1) is 8.33. The molecule has 0 amide bonds. The van der Waals surface area contributed by atoms with Crippen molar-refractivity contribution in [3.8, 4) is 0 Å². The summed E-state index contributed by atoms with van der Waals surface area (Å²) in [4.78, 5) is 0. The lowest BCUT2D eigenvalue weighted by Crippen LogP contribution is -2.09. The Hall–Kier alpha value is 0.195. The molecule has 0 aliphatic heterocycles. The summed E-state index contributed by atoms with van der Waals surface area (Å²) < 4.78 is 0. The van der Waals surface area contributed by atoms with Crippen LogP contribution in [-0.4, -0.2) is 22.2 Å². The third-order valence-electron chi connectivity index (χ3n) is 4.01. The predicted molar refractivity (Wildman–Crippen MR) is 81.4 cm³/mol. The summed E-state index contributed by atoms with van der Waals surface area (Å²) in [5.41, 5.74) is 0. The molecule has 0 nitrogen and oxygen atoms in total. The van der Waals surface area contributed by atoms with Crippen LogP contribution >= 0.6 is 0 Å². The molecule has 0 aromatic heterocycles. The van der Waals surface area contributed by atoms with E-state index in [1.165, 1.54) is 70.6 Å². The standard InChI is InChI=1S/C14H27B3/c1-16-17-14-11-7-3-2-5-9-13(15)10-6-4-8-12-14/h13-14H,2-12H2,1H3/t13-,14+/m0/s1. The third-order valence-corrected chi connectivity index (χ3v) is 4.01. The van der Waals surface area contributed by atoms with E-state index >= 15 is 0 Å². The van der Waals surface area contributed by atoms with Gasteiger partial charge < -0.3 is 0 Å². The molecule has 1 aliphatic carbocycles. The van der Waals surface area contributed by atoms with Crippen LogP contribution in [0.2, 0.25) is 18.5 Å². The Kier molecular flexibility index (Phi) is 9.11. The summed E-state index contributed by atoms with van der Waals surface area (Å²) in [5.74, 6) is 1.32. The SMILES string of the molecule is [B][C@H]1CCCCCC[C@@H]([B][B]C)CCCCC1. The van der Waals surface area contributed by atoms with Crippen molar-refractivity contribution < 1.29 is 0 Å². The first-order valence-electron chi connectivity index (χ1n) is 7.71. The van der Waals surface area contributed by atoms with Crippen LogP contribution in [-0.2, 0) is 0 Å². The Morgan fingerprint density at radius 2 is 1.24 bits per heavy atom. The van der Waals surface area contributed by atoms with E-state index in [4.69, 9.17) is 7.85 Å². The summed E-state index contributed by atoms with van der Waals surface area (Å²) in [6.45, 7) is 2.15. The smallest absolute Gasteiger partial charge is 0.0699 e. The van der Waals surface area contributed by atoms with Crippen LogP contribution in [0.25, 0.3) is 0 Å². The van der Waals surface area contributed by atoms with Gasteiger partial charge >= 0.3 is 0 Å². The van der Waals surface area contributed by atoms with Gasteiger partial charge in [-0.15, -0.1) is 0 Å². The van der Waals surface area contributed by atoms with Gasteiger partial charge in [0.25, 0.3) is 0 Å². The highest BCUT2D eigenvalue weighted by Gasteiger charge is 2.09. The van der Waals surface area contributed by atoms with Crippen LogP contribution in [0.15, 0.2) is 0 Å². The average molecular weight is 228 g/mol. The number of hydrogen-bond donors (Lipinski definition) is 0. The number of rotatable bonds is 2. The fourth-order valence-corrected chi connectivity index (χ4v) is 2.91. The van der Waals surface area contributed by atoms with Crippen LogP contribution < -0.4 is 0 Å². The monoisotopic (exact) mass is 228 g/mol. The van der Waals surface area contributed by atoms with Crippen molar-refractivity contribution in [2.45, 2.75) is 89.1 Å². The van der Waals surface area contributed by atoms with E-state index in [9.17, 15) is 0 Å². The third kappa shape index (κ3) is 8.00. The minimum Gasteiger partial charge on any atom is -0.0999 e. The molecule has 0 aromatic carbocycles. The first kappa shape index (κ1) is 15.3. The molecule has 3 heteroatoms. The van der Waals surface area contributed by atoms with Gasteiger partial charge in [-0.2, -0.15) is 0 Å². The second-order valence-corrected chi connectivity index (χ2v) is 5.68. The minimum absolute atomic E-state index is 0.474. The molecule has 1 rings (SSSR count). The van der Waals surface area contributed by atoms with Gasteiger partial charge in [0, 0.05) is 0 Å². The topological polar surface area (TPSA) is 0 Å². The van der Waals surface area contributed by atoms with Crippen LogP contribution in [0, 0.1) is 0 Å². The van der Waals surface area contributed by atoms with Gasteiger partial charge in [-0.25, -0.2) is 0 Å². The Bertz CT molecular complexity index is 173. The van der Waals surface area contributed by atoms with E-state index in [1.807, 2.05) is 0 Å². The van der Waals surface area contributed by atoms with Gasteiger partial charge in [0.05, 0.1) is 22.2 Å². The minimum atomic E-state index is 0.474. The lowest BCUT2D eigenvalue weighted by atomic mass is 9.34. The number of hydrogen-bond acceptors (Lipinski definition) is 0. The Morgan fingerprint density at radius 3 is 1.76 bits per heavy atom. The molecule has 0 unspecified atom stereocenters. The van der Waals surface area contributed by atoms with Crippen molar-refractivity contribution in [2.24, 2.45) is 0 Å². The van der Waals surface area contributed by atoms with Crippen molar-refractivity contribution in [1.29, 1.82) is 0 Å². The van der Waals surface area contributed by atoms with Gasteiger partial charge in [0.1, 0.15) is 0 Å². The lowest BCUT2D eigenvalue weighted by Gasteiger charge is -2.15. The second-order valence-electron chi connectivity index (χ2n) is 5.68. The molecule has 1 fully saturated rings. The highest BCUT2D eigenvalue weighted by atomic mass is 14.1. The maximum atomic E-state index is 6.12. The van der Waals surface area contributed by atoms with E-state index < -0.39 is 0 Å². The summed E-state index contributed by atoms with van der Waals surface area (Å²) >= 11 is 0. The van der Waals surface area contributed by atoms with Crippen LogP contribution in [0.3, 0.4) is 0 Å². The fourth-order valence-electron chi connectivity index (χ4n) is 2.91. The zero-order valence-corrected chi connectivity index (χ0v) is 11.7. The van der Waals surface area contributed by atoms with E-state index in [0.29, 0.717) is 5.82 Å². The average Bonchev–Trinajstić information content (AvgIpc) is 2.33. The molecule has 0 N–H and O–H groups in total. The van der Waals surface area contributed by atoms with E-state index in [1.54, 1.807) is 0 Å². The fraction of sp³-hybridized carbons (Fsp3) is 1.00. The Labute approximate surface area is 112 Å². The molecule has 0 spiro atoms. The normalized spacial score (nSPS) is 29.5. The highest BCUT2D eigenvalue weighted by Crippen LogP contribution is 2.26. The molecule has 0 saturated heterocycles. The van der Waals surface area contributed by atoms with E-state index in [-0.39, 0.29) is 0 Å². The van der Waals surface area contributed by atoms with Gasteiger partial charge in [0.2, 0.25) is 0 Å². The van der Waals surface area contributed by atoms with Crippen molar-refractivity contribution in [2.75, 3.05) is 0 Å². The quantitative estimate of drug-likeness (QED) is 0.614.